The fourth-order valence-corrected chi connectivity index (χ4v) is 2.57. The zero-order valence-corrected chi connectivity index (χ0v) is 11.6. The van der Waals surface area contributed by atoms with Crippen LogP contribution in [0.15, 0.2) is 24.3 Å². The van der Waals surface area contributed by atoms with Gasteiger partial charge in [-0.3, -0.25) is 4.79 Å². The number of amides is 1. The molecule has 1 fully saturated rings. The fourth-order valence-electron chi connectivity index (χ4n) is 2.57. The van der Waals surface area contributed by atoms with E-state index in [9.17, 15) is 9.90 Å². The first-order chi connectivity index (χ1) is 9.11. The molecule has 0 bridgehead atoms. The molecule has 2 rings (SSSR count). The average molecular weight is 262 g/mol. The van der Waals surface area contributed by atoms with E-state index in [4.69, 9.17) is 0 Å². The second-order valence-electron chi connectivity index (χ2n) is 5.14. The highest BCUT2D eigenvalue weighted by molar-refractivity contribution is 5.78. The number of aliphatic hydroxyl groups excluding tert-OH is 1. The van der Waals surface area contributed by atoms with Gasteiger partial charge >= 0.3 is 0 Å². The second-order valence-corrected chi connectivity index (χ2v) is 5.14. The number of piperidine rings is 1. The van der Waals surface area contributed by atoms with Gasteiger partial charge in [0.15, 0.2) is 0 Å². The van der Waals surface area contributed by atoms with Crippen molar-refractivity contribution in [3.63, 3.8) is 0 Å². The van der Waals surface area contributed by atoms with E-state index in [0.717, 1.165) is 31.5 Å². The van der Waals surface area contributed by atoms with Crippen molar-refractivity contribution >= 4 is 11.6 Å². The largest absolute Gasteiger partial charge is 0.389 e. The molecule has 2 N–H and O–H groups in total. The highest BCUT2D eigenvalue weighted by atomic mass is 16.3. The quantitative estimate of drug-likeness (QED) is 0.872. The lowest BCUT2D eigenvalue weighted by atomic mass is 9.95. The zero-order chi connectivity index (χ0) is 13.8. The van der Waals surface area contributed by atoms with Crippen molar-refractivity contribution in [1.82, 2.24) is 5.32 Å². The number of rotatable bonds is 3. The normalized spacial score (nSPS) is 18.2. The second kappa shape index (κ2) is 6.06. The van der Waals surface area contributed by atoms with E-state index in [2.05, 4.69) is 10.2 Å². The molecule has 1 aromatic rings. The number of carbonyl (C=O) groups is 1. The van der Waals surface area contributed by atoms with E-state index in [-0.39, 0.29) is 11.8 Å². The molecule has 0 unspecified atom stereocenters. The van der Waals surface area contributed by atoms with E-state index >= 15 is 0 Å². The molecule has 1 aliphatic heterocycles. The van der Waals surface area contributed by atoms with Crippen molar-refractivity contribution in [3.05, 3.63) is 29.8 Å². The van der Waals surface area contributed by atoms with Gasteiger partial charge in [-0.05, 0) is 37.5 Å². The van der Waals surface area contributed by atoms with Gasteiger partial charge in [-0.2, -0.15) is 0 Å². The zero-order valence-electron chi connectivity index (χ0n) is 11.6. The Bertz CT molecular complexity index is 420. The van der Waals surface area contributed by atoms with Crippen LogP contribution in [0, 0.1) is 5.92 Å². The van der Waals surface area contributed by atoms with E-state index in [1.54, 1.807) is 14.0 Å². The van der Waals surface area contributed by atoms with Crippen molar-refractivity contribution in [1.29, 1.82) is 0 Å². The number of hydrogen-bond donors (Lipinski definition) is 2. The summed E-state index contributed by atoms with van der Waals surface area (Å²) in [4.78, 5) is 13.9. The van der Waals surface area contributed by atoms with Crippen LogP contribution in [-0.2, 0) is 4.79 Å². The Labute approximate surface area is 114 Å². The molecule has 1 saturated heterocycles. The number of benzene rings is 1. The van der Waals surface area contributed by atoms with Gasteiger partial charge < -0.3 is 15.3 Å². The average Bonchev–Trinajstić information content (AvgIpc) is 2.46. The molecular weight excluding hydrogens is 240 g/mol. The summed E-state index contributed by atoms with van der Waals surface area (Å²) in [6.45, 7) is 3.59. The maximum absolute atomic E-state index is 11.6. The van der Waals surface area contributed by atoms with Crippen LogP contribution in [-0.4, -0.2) is 31.2 Å². The highest BCUT2D eigenvalue weighted by Crippen LogP contribution is 2.24. The lowest BCUT2D eigenvalue weighted by Crippen LogP contribution is -2.39. The molecule has 104 valence electrons. The summed E-state index contributed by atoms with van der Waals surface area (Å²) in [6, 6.07) is 8.01. The van der Waals surface area contributed by atoms with E-state index in [1.165, 1.54) is 5.69 Å². The third-order valence-electron chi connectivity index (χ3n) is 3.85. The van der Waals surface area contributed by atoms with E-state index < -0.39 is 6.10 Å². The van der Waals surface area contributed by atoms with Crippen LogP contribution < -0.4 is 10.2 Å². The molecule has 0 aliphatic carbocycles. The molecule has 1 heterocycles. The van der Waals surface area contributed by atoms with Crippen LogP contribution in [0.25, 0.3) is 0 Å². The molecule has 1 aromatic carbocycles. The van der Waals surface area contributed by atoms with Crippen LogP contribution in [0.1, 0.15) is 31.4 Å². The first-order valence-corrected chi connectivity index (χ1v) is 6.86. The standard InChI is InChI=1S/C15H22N2O2/c1-11(18)12-3-5-14(6-4-12)17-9-7-13(8-10-17)15(19)16-2/h3-6,11,13,18H,7-10H2,1-2H3,(H,16,19)/t11-/m0/s1. The maximum Gasteiger partial charge on any atom is 0.222 e. The van der Waals surface area contributed by atoms with Crippen LogP contribution in [0.5, 0.6) is 0 Å². The van der Waals surface area contributed by atoms with Gasteiger partial charge in [0.05, 0.1) is 6.10 Å². The molecular formula is C15H22N2O2. The van der Waals surface area contributed by atoms with E-state index in [0.29, 0.717) is 0 Å². The maximum atomic E-state index is 11.6. The summed E-state index contributed by atoms with van der Waals surface area (Å²) in [5, 5.41) is 12.2. The number of nitrogens with one attached hydrogen (secondary N) is 1. The van der Waals surface area contributed by atoms with Crippen molar-refractivity contribution in [2.75, 3.05) is 25.0 Å². The van der Waals surface area contributed by atoms with Crippen LogP contribution in [0.4, 0.5) is 5.69 Å². The smallest absolute Gasteiger partial charge is 0.222 e. The van der Waals surface area contributed by atoms with Crippen molar-refractivity contribution in [2.45, 2.75) is 25.9 Å². The molecule has 0 radical (unpaired) electrons. The Hall–Kier alpha value is -1.55. The third-order valence-corrected chi connectivity index (χ3v) is 3.85. The molecule has 1 atom stereocenters. The Kier molecular flexibility index (Phi) is 4.43. The predicted octanol–water partition coefficient (Wildman–Crippen LogP) is 1.70. The summed E-state index contributed by atoms with van der Waals surface area (Å²) < 4.78 is 0. The van der Waals surface area contributed by atoms with Gasteiger partial charge in [0, 0.05) is 31.7 Å². The summed E-state index contributed by atoms with van der Waals surface area (Å²) >= 11 is 0. The summed E-state index contributed by atoms with van der Waals surface area (Å²) in [6.07, 6.45) is 1.38. The molecule has 19 heavy (non-hydrogen) atoms. The molecule has 0 saturated carbocycles. The third kappa shape index (κ3) is 3.26. The first kappa shape index (κ1) is 13.9. The Morgan fingerprint density at radius 2 is 1.89 bits per heavy atom. The van der Waals surface area contributed by atoms with Crippen LogP contribution >= 0.6 is 0 Å². The fraction of sp³-hybridized carbons (Fsp3) is 0.533. The van der Waals surface area contributed by atoms with Gasteiger partial charge in [0.25, 0.3) is 0 Å². The van der Waals surface area contributed by atoms with Gasteiger partial charge in [-0.25, -0.2) is 0 Å². The Morgan fingerprint density at radius 1 is 1.32 bits per heavy atom. The lowest BCUT2D eigenvalue weighted by molar-refractivity contribution is -0.125. The summed E-state index contributed by atoms with van der Waals surface area (Å²) in [5.74, 6) is 0.307. The number of aliphatic hydroxyl groups is 1. The summed E-state index contributed by atoms with van der Waals surface area (Å²) in [5.41, 5.74) is 2.10. The number of anilines is 1. The molecule has 0 aromatic heterocycles. The van der Waals surface area contributed by atoms with Crippen molar-refractivity contribution in [2.24, 2.45) is 5.92 Å². The van der Waals surface area contributed by atoms with Crippen molar-refractivity contribution in [3.8, 4) is 0 Å². The Morgan fingerprint density at radius 3 is 2.37 bits per heavy atom. The van der Waals surface area contributed by atoms with Gasteiger partial charge in [-0.1, -0.05) is 12.1 Å². The first-order valence-electron chi connectivity index (χ1n) is 6.86. The minimum atomic E-state index is -0.423. The topological polar surface area (TPSA) is 52.6 Å². The molecule has 4 nitrogen and oxygen atoms in total. The monoisotopic (exact) mass is 262 g/mol. The van der Waals surface area contributed by atoms with Crippen LogP contribution in [0.2, 0.25) is 0 Å². The Balaban J connectivity index is 1.96. The summed E-state index contributed by atoms with van der Waals surface area (Å²) in [7, 11) is 1.70. The lowest BCUT2D eigenvalue weighted by Gasteiger charge is -2.33. The van der Waals surface area contributed by atoms with E-state index in [1.807, 2.05) is 24.3 Å². The highest BCUT2D eigenvalue weighted by Gasteiger charge is 2.24. The predicted molar refractivity (Wildman–Crippen MR) is 76.1 cm³/mol. The van der Waals surface area contributed by atoms with Gasteiger partial charge in [-0.15, -0.1) is 0 Å². The molecule has 1 amide bonds. The van der Waals surface area contributed by atoms with Gasteiger partial charge in [0.2, 0.25) is 5.91 Å². The number of nitrogens with zero attached hydrogens (tertiary/aromatic N) is 1. The number of hydrogen-bond acceptors (Lipinski definition) is 3. The van der Waals surface area contributed by atoms with Gasteiger partial charge in [0.1, 0.15) is 0 Å². The molecule has 0 spiro atoms. The number of carbonyl (C=O) groups excluding carboxylic acids is 1. The minimum Gasteiger partial charge on any atom is -0.389 e. The SMILES string of the molecule is CNC(=O)C1CCN(c2ccc([C@H](C)O)cc2)CC1. The molecule has 4 heteroatoms. The van der Waals surface area contributed by atoms with Crippen molar-refractivity contribution < 1.29 is 9.90 Å². The minimum absolute atomic E-state index is 0.151. The van der Waals surface area contributed by atoms with Crippen LogP contribution in [0.3, 0.4) is 0 Å². The molecule has 1 aliphatic rings.